The van der Waals surface area contributed by atoms with Gasteiger partial charge in [0.25, 0.3) is 5.56 Å². The maximum absolute atomic E-state index is 12.1. The molecule has 7 heteroatoms. The molecule has 148 valence electrons. The van der Waals surface area contributed by atoms with Crippen molar-refractivity contribution >= 4 is 5.82 Å². The number of rotatable bonds is 2. The lowest BCUT2D eigenvalue weighted by atomic mass is 9.96. The lowest BCUT2D eigenvalue weighted by Crippen LogP contribution is -2.40. The molecule has 30 heavy (non-hydrogen) atoms. The van der Waals surface area contributed by atoms with Crippen LogP contribution in [-0.2, 0) is 19.3 Å². The Morgan fingerprint density at radius 3 is 2.87 bits per heavy atom. The van der Waals surface area contributed by atoms with Crippen molar-refractivity contribution in [3.05, 3.63) is 69.0 Å². The van der Waals surface area contributed by atoms with Gasteiger partial charge in [-0.3, -0.25) is 9.78 Å². The molecule has 1 N–H and O–H groups in total. The van der Waals surface area contributed by atoms with Crippen molar-refractivity contribution in [1.82, 2.24) is 19.9 Å². The van der Waals surface area contributed by atoms with E-state index in [0.29, 0.717) is 6.04 Å². The highest BCUT2D eigenvalue weighted by atomic mass is 16.1. The fraction of sp³-hybridized carbons (Fsp3) is 0.348. The third-order valence-electron chi connectivity index (χ3n) is 6.67. The van der Waals surface area contributed by atoms with Crippen LogP contribution in [0, 0.1) is 11.3 Å². The summed E-state index contributed by atoms with van der Waals surface area (Å²) in [6.07, 6.45) is 9.44. The quantitative estimate of drug-likeness (QED) is 0.715. The molecule has 0 amide bonds. The first-order valence-corrected chi connectivity index (χ1v) is 10.5. The molecule has 2 unspecified atom stereocenters. The number of aryl methyl sites for hydroxylation is 1. The minimum absolute atomic E-state index is 0.132. The van der Waals surface area contributed by atoms with Crippen LogP contribution in [0.4, 0.5) is 5.82 Å². The molecule has 3 aromatic heterocycles. The minimum atomic E-state index is -0.285. The number of anilines is 1. The first kappa shape index (κ1) is 17.3. The van der Waals surface area contributed by atoms with Gasteiger partial charge in [0.1, 0.15) is 17.5 Å². The first-order chi connectivity index (χ1) is 14.7. The Hall–Kier alpha value is -3.53. The standard InChI is InChI=1S/C23H20N6O/c24-12-14-10-17-19(27-23(14)30)11-15-4-5-20(17)29(15)22-16-2-1-3-18(16)26-21(28-22)13-6-8-25-9-7-13/h6-10,15,20H,1-5,11H2,(H,27,30). The summed E-state index contributed by atoms with van der Waals surface area (Å²) < 4.78 is 0. The Balaban J connectivity index is 1.51. The van der Waals surface area contributed by atoms with E-state index in [-0.39, 0.29) is 17.2 Å². The van der Waals surface area contributed by atoms with Gasteiger partial charge in [-0.15, -0.1) is 0 Å². The van der Waals surface area contributed by atoms with Crippen molar-refractivity contribution in [2.75, 3.05) is 4.90 Å². The lowest BCUT2D eigenvalue weighted by Gasteiger charge is -2.38. The summed E-state index contributed by atoms with van der Waals surface area (Å²) in [5.41, 5.74) is 5.33. The molecule has 3 aliphatic rings. The van der Waals surface area contributed by atoms with E-state index in [1.165, 1.54) is 5.56 Å². The van der Waals surface area contributed by atoms with Crippen LogP contribution >= 0.6 is 0 Å². The Bertz CT molecular complexity index is 1260. The second-order valence-corrected chi connectivity index (χ2v) is 8.30. The summed E-state index contributed by atoms with van der Waals surface area (Å²) in [5.74, 6) is 1.78. The van der Waals surface area contributed by atoms with Crippen LogP contribution in [0.15, 0.2) is 35.4 Å². The van der Waals surface area contributed by atoms with Gasteiger partial charge in [0.15, 0.2) is 5.82 Å². The van der Waals surface area contributed by atoms with Crippen molar-refractivity contribution in [2.45, 2.75) is 50.6 Å². The summed E-state index contributed by atoms with van der Waals surface area (Å²) in [4.78, 5) is 31.6. The molecule has 1 saturated heterocycles. The molecule has 2 bridgehead atoms. The zero-order chi connectivity index (χ0) is 20.2. The zero-order valence-corrected chi connectivity index (χ0v) is 16.4. The van der Waals surface area contributed by atoms with Gasteiger partial charge in [-0.2, -0.15) is 5.26 Å². The average molecular weight is 396 g/mol. The van der Waals surface area contributed by atoms with Crippen molar-refractivity contribution in [1.29, 1.82) is 5.26 Å². The van der Waals surface area contributed by atoms with E-state index in [1.54, 1.807) is 18.5 Å². The first-order valence-electron chi connectivity index (χ1n) is 10.5. The van der Waals surface area contributed by atoms with E-state index in [4.69, 9.17) is 9.97 Å². The monoisotopic (exact) mass is 396 g/mol. The smallest absolute Gasteiger partial charge is 0.266 e. The summed E-state index contributed by atoms with van der Waals surface area (Å²) in [7, 11) is 0. The molecule has 0 radical (unpaired) electrons. The molecule has 5 heterocycles. The highest BCUT2D eigenvalue weighted by Crippen LogP contribution is 2.47. The number of hydrogen-bond acceptors (Lipinski definition) is 6. The Morgan fingerprint density at radius 2 is 2.03 bits per heavy atom. The van der Waals surface area contributed by atoms with E-state index in [9.17, 15) is 10.1 Å². The summed E-state index contributed by atoms with van der Waals surface area (Å²) in [6.45, 7) is 0. The van der Waals surface area contributed by atoms with Gasteiger partial charge in [-0.25, -0.2) is 9.97 Å². The van der Waals surface area contributed by atoms with Crippen LogP contribution in [0.2, 0.25) is 0 Å². The van der Waals surface area contributed by atoms with Crippen molar-refractivity contribution in [3.63, 3.8) is 0 Å². The van der Waals surface area contributed by atoms with Gasteiger partial charge in [0.05, 0.1) is 6.04 Å². The fourth-order valence-electron chi connectivity index (χ4n) is 5.34. The number of aromatic nitrogens is 4. The van der Waals surface area contributed by atoms with Gasteiger partial charge in [-0.05, 0) is 55.9 Å². The van der Waals surface area contributed by atoms with E-state index >= 15 is 0 Å². The average Bonchev–Trinajstić information content (AvgIpc) is 3.37. The summed E-state index contributed by atoms with van der Waals surface area (Å²) in [5, 5.41) is 9.35. The number of fused-ring (bicyclic) bond motifs is 5. The largest absolute Gasteiger partial charge is 0.346 e. The van der Waals surface area contributed by atoms with Crippen LogP contribution in [0.5, 0.6) is 0 Å². The topological polar surface area (TPSA) is 98.6 Å². The van der Waals surface area contributed by atoms with Gasteiger partial charge in [0.2, 0.25) is 0 Å². The van der Waals surface area contributed by atoms with Crippen LogP contribution in [-0.4, -0.2) is 26.0 Å². The predicted molar refractivity (Wildman–Crippen MR) is 111 cm³/mol. The maximum atomic E-state index is 12.1. The molecule has 0 saturated carbocycles. The number of nitrogens with one attached hydrogen (secondary N) is 1. The Labute approximate surface area is 173 Å². The molecule has 1 fully saturated rings. The summed E-state index contributed by atoms with van der Waals surface area (Å²) in [6, 6.07) is 8.16. The predicted octanol–water partition coefficient (Wildman–Crippen LogP) is 2.85. The second kappa shape index (κ2) is 6.49. The molecular formula is C23H20N6O. The normalized spacial score (nSPS) is 21.2. The van der Waals surface area contributed by atoms with Crippen molar-refractivity contribution in [2.24, 2.45) is 0 Å². The van der Waals surface area contributed by atoms with Gasteiger partial charge in [0, 0.05) is 47.4 Å². The Morgan fingerprint density at radius 1 is 1.17 bits per heavy atom. The zero-order valence-electron chi connectivity index (χ0n) is 16.4. The molecule has 2 aliphatic heterocycles. The fourth-order valence-corrected chi connectivity index (χ4v) is 5.34. The van der Waals surface area contributed by atoms with Crippen LogP contribution in [0.3, 0.4) is 0 Å². The van der Waals surface area contributed by atoms with E-state index in [1.807, 2.05) is 18.2 Å². The van der Waals surface area contributed by atoms with E-state index in [0.717, 1.165) is 72.7 Å². The highest BCUT2D eigenvalue weighted by molar-refractivity contribution is 5.63. The number of nitrogens with zero attached hydrogens (tertiary/aromatic N) is 5. The molecule has 2 atom stereocenters. The third-order valence-corrected chi connectivity index (χ3v) is 6.67. The van der Waals surface area contributed by atoms with Crippen molar-refractivity contribution < 1.29 is 0 Å². The molecule has 6 rings (SSSR count). The maximum Gasteiger partial charge on any atom is 0.266 e. The molecule has 0 aromatic carbocycles. The number of aromatic amines is 1. The highest BCUT2D eigenvalue weighted by Gasteiger charge is 2.43. The summed E-state index contributed by atoms with van der Waals surface area (Å²) >= 11 is 0. The molecule has 1 aliphatic carbocycles. The number of nitriles is 1. The van der Waals surface area contributed by atoms with Crippen molar-refractivity contribution in [3.8, 4) is 17.5 Å². The molecule has 7 nitrogen and oxygen atoms in total. The lowest BCUT2D eigenvalue weighted by molar-refractivity contribution is 0.576. The molecule has 3 aromatic rings. The van der Waals surface area contributed by atoms with Gasteiger partial charge in [-0.1, -0.05) is 0 Å². The molecule has 0 spiro atoms. The number of H-pyrrole nitrogens is 1. The third kappa shape index (κ3) is 2.50. The van der Waals surface area contributed by atoms with Gasteiger partial charge < -0.3 is 9.88 Å². The van der Waals surface area contributed by atoms with Gasteiger partial charge >= 0.3 is 0 Å². The second-order valence-electron chi connectivity index (χ2n) is 8.30. The van der Waals surface area contributed by atoms with Crippen LogP contribution in [0.1, 0.15) is 53.4 Å². The van der Waals surface area contributed by atoms with Crippen LogP contribution in [0.25, 0.3) is 11.4 Å². The molecular weight excluding hydrogens is 376 g/mol. The minimum Gasteiger partial charge on any atom is -0.346 e. The van der Waals surface area contributed by atoms with E-state index < -0.39 is 0 Å². The Kier molecular flexibility index (Phi) is 3.75. The number of hydrogen-bond donors (Lipinski definition) is 1. The van der Waals surface area contributed by atoms with E-state index in [2.05, 4.69) is 14.9 Å². The van der Waals surface area contributed by atoms with Crippen LogP contribution < -0.4 is 10.5 Å². The SMILES string of the molecule is N#Cc1cc2c([nH]c1=O)CC1CCC2N1c1nc(-c2ccncc2)nc2c1CCC2. The number of pyridine rings is 2.